The quantitative estimate of drug-likeness (QED) is 0.616. The molecule has 1 aromatic carbocycles. The molecular weight excluding hydrogens is 312 g/mol. The number of aryl methyl sites for hydroxylation is 1. The molecule has 5 nitrogen and oxygen atoms in total. The maximum absolute atomic E-state index is 12.7. The number of hydrogen-bond donors (Lipinski definition) is 2. The number of nitrogens with one attached hydrogen (secondary N) is 2. The molecule has 1 aliphatic rings. The lowest BCUT2D eigenvalue weighted by molar-refractivity contribution is -0.138. The Balaban J connectivity index is 2.04. The Labute approximate surface area is 151 Å². The van der Waals surface area contributed by atoms with E-state index in [-0.39, 0.29) is 11.3 Å². The van der Waals surface area contributed by atoms with Crippen molar-refractivity contribution >= 4 is 11.9 Å². The van der Waals surface area contributed by atoms with Crippen molar-refractivity contribution in [2.75, 3.05) is 27.2 Å². The minimum absolute atomic E-state index is 0.229. The number of carbonyl (C=O) groups excluding carboxylic acids is 1. The number of nitrogens with zero attached hydrogens (tertiary/aromatic N) is 2. The van der Waals surface area contributed by atoms with Crippen LogP contribution in [0.4, 0.5) is 0 Å². The molecule has 5 heteroatoms. The van der Waals surface area contributed by atoms with Crippen LogP contribution < -0.4 is 10.6 Å². The van der Waals surface area contributed by atoms with E-state index in [1.54, 1.807) is 4.90 Å². The number of benzene rings is 1. The summed E-state index contributed by atoms with van der Waals surface area (Å²) in [7, 11) is 3.69. The van der Waals surface area contributed by atoms with E-state index < -0.39 is 0 Å². The summed E-state index contributed by atoms with van der Waals surface area (Å²) >= 11 is 0. The van der Waals surface area contributed by atoms with Gasteiger partial charge >= 0.3 is 0 Å². The van der Waals surface area contributed by atoms with Crippen LogP contribution in [-0.4, -0.2) is 44.0 Å². The lowest BCUT2D eigenvalue weighted by Crippen LogP contribution is -2.49. The average molecular weight is 345 g/mol. The van der Waals surface area contributed by atoms with Crippen LogP contribution in [0.5, 0.6) is 0 Å². The molecule has 1 amide bonds. The number of aliphatic imine (C=N–C) groups is 1. The van der Waals surface area contributed by atoms with Gasteiger partial charge in [-0.2, -0.15) is 0 Å². The van der Waals surface area contributed by atoms with Gasteiger partial charge in [0.05, 0.1) is 12.0 Å². The highest BCUT2D eigenvalue weighted by Gasteiger charge is 2.42. The van der Waals surface area contributed by atoms with Crippen LogP contribution in [0.15, 0.2) is 29.3 Å². The van der Waals surface area contributed by atoms with Gasteiger partial charge in [-0.05, 0) is 32.3 Å². The van der Waals surface area contributed by atoms with E-state index in [0.29, 0.717) is 13.1 Å². The molecule has 0 aliphatic heterocycles. The van der Waals surface area contributed by atoms with Crippen molar-refractivity contribution in [1.29, 1.82) is 0 Å². The largest absolute Gasteiger partial charge is 0.357 e. The van der Waals surface area contributed by atoms with Crippen LogP contribution >= 0.6 is 0 Å². The summed E-state index contributed by atoms with van der Waals surface area (Å²) in [5.74, 6) is 1.01. The van der Waals surface area contributed by atoms with Gasteiger partial charge in [-0.1, -0.05) is 42.7 Å². The standard InChI is InChI=1S/C20H32N4O/c1-5-21-19(22-14-17-10-8-9-16(2)13-17)23-15-20(11-6-7-12-20)18(25)24(3)4/h8-10,13H,5-7,11-12,14-15H2,1-4H3,(H2,21,22,23). The van der Waals surface area contributed by atoms with Crippen molar-refractivity contribution in [3.8, 4) is 0 Å². The third-order valence-electron chi connectivity index (χ3n) is 4.86. The first kappa shape index (κ1) is 19.3. The minimum atomic E-state index is -0.289. The Hall–Kier alpha value is -2.04. The number of hydrogen-bond acceptors (Lipinski definition) is 2. The normalized spacial score (nSPS) is 16.6. The molecule has 1 saturated carbocycles. The van der Waals surface area contributed by atoms with Crippen LogP contribution in [0.2, 0.25) is 0 Å². The Bertz CT molecular complexity index is 603. The minimum Gasteiger partial charge on any atom is -0.357 e. The van der Waals surface area contributed by atoms with Crippen molar-refractivity contribution in [3.05, 3.63) is 35.4 Å². The molecular formula is C20H32N4O. The number of carbonyl (C=O) groups is 1. The lowest BCUT2D eigenvalue weighted by atomic mass is 9.84. The van der Waals surface area contributed by atoms with Crippen molar-refractivity contribution in [3.63, 3.8) is 0 Å². The van der Waals surface area contributed by atoms with Crippen molar-refractivity contribution in [2.24, 2.45) is 10.4 Å². The van der Waals surface area contributed by atoms with Gasteiger partial charge in [0.1, 0.15) is 0 Å². The molecule has 0 unspecified atom stereocenters. The predicted octanol–water partition coefficient (Wildman–Crippen LogP) is 2.70. The van der Waals surface area contributed by atoms with Crippen LogP contribution in [0.25, 0.3) is 0 Å². The second-order valence-electron chi connectivity index (χ2n) is 7.22. The maximum atomic E-state index is 12.7. The monoisotopic (exact) mass is 344 g/mol. The average Bonchev–Trinajstić information content (AvgIpc) is 3.06. The zero-order chi connectivity index (χ0) is 18.3. The summed E-state index contributed by atoms with van der Waals surface area (Å²) in [6.07, 6.45) is 4.15. The summed E-state index contributed by atoms with van der Waals surface area (Å²) in [6, 6.07) is 8.40. The van der Waals surface area contributed by atoms with Crippen LogP contribution in [0, 0.1) is 12.3 Å². The third-order valence-corrected chi connectivity index (χ3v) is 4.86. The predicted molar refractivity (Wildman–Crippen MR) is 104 cm³/mol. The molecule has 25 heavy (non-hydrogen) atoms. The van der Waals surface area contributed by atoms with Gasteiger partial charge in [-0.25, -0.2) is 4.99 Å². The van der Waals surface area contributed by atoms with Crippen LogP contribution in [0.1, 0.15) is 43.7 Å². The summed E-state index contributed by atoms with van der Waals surface area (Å²) in [5.41, 5.74) is 2.15. The SMILES string of the molecule is CCNC(=NCc1cccc(C)c1)NCC1(C(=O)N(C)C)CCCC1. The molecule has 2 rings (SSSR count). The molecule has 1 aromatic rings. The molecule has 0 aromatic heterocycles. The number of guanidine groups is 1. The van der Waals surface area contributed by atoms with Gasteiger partial charge < -0.3 is 15.5 Å². The summed E-state index contributed by atoms with van der Waals surface area (Å²) in [5, 5.41) is 6.71. The fraction of sp³-hybridized carbons (Fsp3) is 0.600. The highest BCUT2D eigenvalue weighted by atomic mass is 16.2. The maximum Gasteiger partial charge on any atom is 0.230 e. The highest BCUT2D eigenvalue weighted by Crippen LogP contribution is 2.38. The molecule has 2 N–H and O–H groups in total. The van der Waals surface area contributed by atoms with Gasteiger partial charge in [-0.3, -0.25) is 4.79 Å². The second kappa shape index (κ2) is 8.88. The van der Waals surface area contributed by atoms with Gasteiger partial charge in [0.2, 0.25) is 5.91 Å². The van der Waals surface area contributed by atoms with Gasteiger partial charge in [0.15, 0.2) is 5.96 Å². The Morgan fingerprint density at radius 1 is 1.24 bits per heavy atom. The zero-order valence-corrected chi connectivity index (χ0v) is 16.1. The van der Waals surface area contributed by atoms with Crippen LogP contribution in [-0.2, 0) is 11.3 Å². The van der Waals surface area contributed by atoms with E-state index in [0.717, 1.165) is 38.2 Å². The summed E-state index contributed by atoms with van der Waals surface area (Å²) < 4.78 is 0. The van der Waals surface area contributed by atoms with E-state index >= 15 is 0 Å². The lowest BCUT2D eigenvalue weighted by Gasteiger charge is -2.31. The van der Waals surface area contributed by atoms with Gasteiger partial charge in [0, 0.05) is 27.2 Å². The van der Waals surface area contributed by atoms with E-state index in [1.165, 1.54) is 11.1 Å². The summed E-state index contributed by atoms with van der Waals surface area (Å²) in [6.45, 7) is 6.22. The fourth-order valence-corrected chi connectivity index (χ4v) is 3.57. The van der Waals surface area contributed by atoms with Gasteiger partial charge in [0.25, 0.3) is 0 Å². The molecule has 0 heterocycles. The topological polar surface area (TPSA) is 56.7 Å². The molecule has 138 valence electrons. The van der Waals surface area contributed by atoms with Crippen molar-refractivity contribution in [2.45, 2.75) is 46.1 Å². The fourth-order valence-electron chi connectivity index (χ4n) is 3.57. The molecule has 1 aliphatic carbocycles. The van der Waals surface area contributed by atoms with E-state index in [9.17, 15) is 4.79 Å². The second-order valence-corrected chi connectivity index (χ2v) is 7.22. The Morgan fingerprint density at radius 3 is 2.56 bits per heavy atom. The highest BCUT2D eigenvalue weighted by molar-refractivity contribution is 5.85. The zero-order valence-electron chi connectivity index (χ0n) is 16.1. The van der Waals surface area contributed by atoms with E-state index in [2.05, 4.69) is 48.7 Å². The Kier molecular flexibility index (Phi) is 6.85. The molecule has 0 radical (unpaired) electrons. The first-order chi connectivity index (χ1) is 12.0. The molecule has 0 bridgehead atoms. The molecule has 0 spiro atoms. The number of amides is 1. The van der Waals surface area contributed by atoms with Gasteiger partial charge in [-0.15, -0.1) is 0 Å². The Morgan fingerprint density at radius 2 is 1.96 bits per heavy atom. The smallest absolute Gasteiger partial charge is 0.230 e. The number of rotatable bonds is 6. The molecule has 1 fully saturated rings. The first-order valence-corrected chi connectivity index (χ1v) is 9.26. The van der Waals surface area contributed by atoms with E-state index in [4.69, 9.17) is 4.99 Å². The van der Waals surface area contributed by atoms with E-state index in [1.807, 2.05) is 14.1 Å². The molecule has 0 saturated heterocycles. The summed E-state index contributed by atoms with van der Waals surface area (Å²) in [4.78, 5) is 19.1. The van der Waals surface area contributed by atoms with Crippen LogP contribution in [0.3, 0.4) is 0 Å². The molecule has 0 atom stereocenters. The first-order valence-electron chi connectivity index (χ1n) is 9.26. The third kappa shape index (κ3) is 5.21. The van der Waals surface area contributed by atoms with Crippen molar-refractivity contribution < 1.29 is 4.79 Å². The van der Waals surface area contributed by atoms with Crippen molar-refractivity contribution in [1.82, 2.24) is 15.5 Å².